The average Bonchev–Trinajstić information content (AvgIpc) is 3.16. The number of hydrogen-bond donors (Lipinski definition) is 1. The molecule has 1 fully saturated rings. The number of nitrogens with two attached hydrogens (primary N) is 1. The van der Waals surface area contributed by atoms with Crippen molar-refractivity contribution in [2.45, 2.75) is 95.2 Å². The fraction of sp³-hybridized carbons (Fsp3) is 0.769. The van der Waals surface area contributed by atoms with Crippen LogP contribution in [0.1, 0.15) is 90.4 Å². The number of rotatable bonds is 14. The van der Waals surface area contributed by atoms with Crippen molar-refractivity contribution < 1.29 is 0 Å². The minimum Gasteiger partial charge on any atom is -0.399 e. The molecule has 1 saturated heterocycles. The van der Waals surface area contributed by atoms with Gasteiger partial charge in [0.15, 0.2) is 0 Å². The summed E-state index contributed by atoms with van der Waals surface area (Å²) < 4.78 is 0. The van der Waals surface area contributed by atoms with Crippen LogP contribution in [-0.2, 0) is 0 Å². The SMILES string of the molecule is CCCCCCCCCCCCCCN(C)C.Nc1ccc(N2CCC(Br)C2)cc1. The van der Waals surface area contributed by atoms with Gasteiger partial charge in [-0.05, 0) is 57.7 Å². The van der Waals surface area contributed by atoms with E-state index in [4.69, 9.17) is 5.73 Å². The van der Waals surface area contributed by atoms with Crippen molar-refractivity contribution in [2.24, 2.45) is 0 Å². The Morgan fingerprint density at radius 3 is 1.80 bits per heavy atom. The third-order valence-electron chi connectivity index (χ3n) is 5.85. The molecule has 0 aromatic heterocycles. The third kappa shape index (κ3) is 14.3. The third-order valence-corrected chi connectivity index (χ3v) is 6.60. The van der Waals surface area contributed by atoms with Crippen molar-refractivity contribution in [3.8, 4) is 0 Å². The number of halogens is 1. The molecule has 0 bridgehead atoms. The second-order valence-electron chi connectivity index (χ2n) is 9.12. The standard InChI is InChI=1S/C16H35N.C10H13BrN2/c1-4-5-6-7-8-9-10-11-12-13-14-15-16-17(2)3;11-8-5-6-13(7-8)10-3-1-9(12)2-4-10/h4-16H2,1-3H3;1-4,8H,5-7,12H2. The Balaban J connectivity index is 0.000000308. The monoisotopic (exact) mass is 481 g/mol. The van der Waals surface area contributed by atoms with Crippen LogP contribution in [0.3, 0.4) is 0 Å². The van der Waals surface area contributed by atoms with Gasteiger partial charge < -0.3 is 15.5 Å². The number of unbranched alkanes of at least 4 members (excludes halogenated alkanes) is 11. The predicted molar refractivity (Wildman–Crippen MR) is 140 cm³/mol. The lowest BCUT2D eigenvalue weighted by molar-refractivity contribution is 0.389. The Bertz CT molecular complexity index is 504. The first kappa shape index (κ1) is 27.3. The molecule has 1 atom stereocenters. The Hall–Kier alpha value is -0.740. The number of hydrogen-bond acceptors (Lipinski definition) is 3. The maximum absolute atomic E-state index is 5.62. The minimum absolute atomic E-state index is 0.644. The molecular weight excluding hydrogens is 434 g/mol. The molecule has 3 nitrogen and oxygen atoms in total. The largest absolute Gasteiger partial charge is 0.399 e. The molecule has 174 valence electrons. The predicted octanol–water partition coefficient (Wildman–Crippen LogP) is 7.49. The number of anilines is 2. The summed E-state index contributed by atoms with van der Waals surface area (Å²) in [7, 11) is 4.33. The van der Waals surface area contributed by atoms with Gasteiger partial charge in [-0.15, -0.1) is 0 Å². The molecule has 1 unspecified atom stereocenters. The normalized spacial score (nSPS) is 16.0. The van der Waals surface area contributed by atoms with Crippen molar-refractivity contribution in [3.63, 3.8) is 0 Å². The first-order valence-corrected chi connectivity index (χ1v) is 13.3. The van der Waals surface area contributed by atoms with E-state index >= 15 is 0 Å². The molecule has 30 heavy (non-hydrogen) atoms. The lowest BCUT2D eigenvalue weighted by Crippen LogP contribution is -2.19. The topological polar surface area (TPSA) is 32.5 Å². The molecule has 4 heteroatoms. The van der Waals surface area contributed by atoms with Crippen molar-refractivity contribution in [1.29, 1.82) is 0 Å². The van der Waals surface area contributed by atoms with Crippen LogP contribution in [-0.4, -0.2) is 43.5 Å². The molecule has 0 spiro atoms. The molecule has 1 aliphatic rings. The minimum atomic E-state index is 0.644. The van der Waals surface area contributed by atoms with Crippen molar-refractivity contribution in [2.75, 3.05) is 44.4 Å². The first-order chi connectivity index (χ1) is 14.5. The quantitative estimate of drug-likeness (QED) is 0.169. The molecule has 1 heterocycles. The van der Waals surface area contributed by atoms with Crippen LogP contribution in [0.4, 0.5) is 11.4 Å². The van der Waals surface area contributed by atoms with E-state index in [1.54, 1.807) is 0 Å². The highest BCUT2D eigenvalue weighted by molar-refractivity contribution is 9.09. The van der Waals surface area contributed by atoms with Gasteiger partial charge in [0.2, 0.25) is 0 Å². The molecular formula is C26H48BrN3. The summed E-state index contributed by atoms with van der Waals surface area (Å²) >= 11 is 3.62. The van der Waals surface area contributed by atoms with E-state index in [9.17, 15) is 0 Å². The van der Waals surface area contributed by atoms with Crippen LogP contribution in [0.5, 0.6) is 0 Å². The summed E-state index contributed by atoms with van der Waals surface area (Å²) in [6, 6.07) is 8.08. The van der Waals surface area contributed by atoms with E-state index in [0.717, 1.165) is 18.8 Å². The molecule has 0 amide bonds. The van der Waals surface area contributed by atoms with Crippen molar-refractivity contribution in [1.82, 2.24) is 4.90 Å². The van der Waals surface area contributed by atoms with Gasteiger partial charge in [0.1, 0.15) is 0 Å². The zero-order chi connectivity index (χ0) is 22.0. The lowest BCUT2D eigenvalue weighted by Gasteiger charge is -2.17. The second kappa shape index (κ2) is 17.9. The number of nitrogens with zero attached hydrogens (tertiary/aromatic N) is 2. The van der Waals surface area contributed by atoms with Gasteiger partial charge in [0, 0.05) is 29.3 Å². The van der Waals surface area contributed by atoms with Crippen LogP contribution in [0.15, 0.2) is 24.3 Å². The Morgan fingerprint density at radius 1 is 0.867 bits per heavy atom. The van der Waals surface area contributed by atoms with E-state index in [1.165, 1.54) is 95.7 Å². The smallest absolute Gasteiger partial charge is 0.0368 e. The second-order valence-corrected chi connectivity index (χ2v) is 10.4. The zero-order valence-electron chi connectivity index (χ0n) is 20.1. The van der Waals surface area contributed by atoms with Gasteiger partial charge in [0.05, 0.1) is 0 Å². The van der Waals surface area contributed by atoms with E-state index < -0.39 is 0 Å². The molecule has 0 aliphatic carbocycles. The summed E-state index contributed by atoms with van der Waals surface area (Å²) in [4.78, 5) is 5.31. The van der Waals surface area contributed by atoms with Crippen LogP contribution in [0.2, 0.25) is 0 Å². The molecule has 1 aromatic carbocycles. The summed E-state index contributed by atoms with van der Waals surface area (Å²) in [5.41, 5.74) is 7.73. The highest BCUT2D eigenvalue weighted by atomic mass is 79.9. The molecule has 2 N–H and O–H groups in total. The molecule has 2 rings (SSSR count). The maximum atomic E-state index is 5.62. The van der Waals surface area contributed by atoms with Crippen LogP contribution < -0.4 is 10.6 Å². The van der Waals surface area contributed by atoms with Gasteiger partial charge >= 0.3 is 0 Å². The highest BCUT2D eigenvalue weighted by Gasteiger charge is 2.19. The fourth-order valence-electron chi connectivity index (χ4n) is 3.91. The van der Waals surface area contributed by atoms with Gasteiger partial charge in [0.25, 0.3) is 0 Å². The van der Waals surface area contributed by atoms with E-state index in [2.05, 4.69) is 58.9 Å². The zero-order valence-corrected chi connectivity index (χ0v) is 21.6. The Labute approximate surface area is 195 Å². The molecule has 0 saturated carbocycles. The summed E-state index contributed by atoms with van der Waals surface area (Å²) in [5.74, 6) is 0. The Morgan fingerprint density at radius 2 is 1.37 bits per heavy atom. The average molecular weight is 483 g/mol. The van der Waals surface area contributed by atoms with E-state index in [0.29, 0.717) is 4.83 Å². The number of alkyl halides is 1. The van der Waals surface area contributed by atoms with Crippen molar-refractivity contribution in [3.05, 3.63) is 24.3 Å². The van der Waals surface area contributed by atoms with E-state index in [-0.39, 0.29) is 0 Å². The van der Waals surface area contributed by atoms with Crippen LogP contribution >= 0.6 is 15.9 Å². The fourth-order valence-corrected chi connectivity index (χ4v) is 4.46. The maximum Gasteiger partial charge on any atom is 0.0368 e. The van der Waals surface area contributed by atoms with Gasteiger partial charge in [-0.3, -0.25) is 0 Å². The lowest BCUT2D eigenvalue weighted by atomic mass is 10.1. The van der Waals surface area contributed by atoms with Gasteiger partial charge in [-0.2, -0.15) is 0 Å². The van der Waals surface area contributed by atoms with Gasteiger partial charge in [-0.1, -0.05) is 93.5 Å². The van der Waals surface area contributed by atoms with Crippen LogP contribution in [0, 0.1) is 0 Å². The number of benzene rings is 1. The summed E-state index contributed by atoms with van der Waals surface area (Å²) in [5, 5.41) is 0. The Kier molecular flexibility index (Phi) is 16.3. The summed E-state index contributed by atoms with van der Waals surface area (Å²) in [6.07, 6.45) is 18.6. The summed E-state index contributed by atoms with van der Waals surface area (Å²) in [6.45, 7) is 5.79. The molecule has 1 aliphatic heterocycles. The molecule has 0 radical (unpaired) electrons. The first-order valence-electron chi connectivity index (χ1n) is 12.4. The van der Waals surface area contributed by atoms with Crippen LogP contribution in [0.25, 0.3) is 0 Å². The number of nitrogen functional groups attached to an aromatic ring is 1. The van der Waals surface area contributed by atoms with E-state index in [1.807, 2.05) is 12.1 Å². The van der Waals surface area contributed by atoms with Gasteiger partial charge in [-0.25, -0.2) is 0 Å². The van der Waals surface area contributed by atoms with Crippen molar-refractivity contribution >= 4 is 27.3 Å². The molecule has 1 aromatic rings. The highest BCUT2D eigenvalue weighted by Crippen LogP contribution is 2.24.